The monoisotopic (exact) mass is 419 g/mol. The van der Waals surface area contributed by atoms with Gasteiger partial charge in [-0.1, -0.05) is 29.5 Å². The van der Waals surface area contributed by atoms with Crippen molar-refractivity contribution in [1.82, 2.24) is 0 Å². The number of fused-ring (bicyclic) bond motifs is 1. The van der Waals surface area contributed by atoms with E-state index in [4.69, 9.17) is 14.2 Å². The molecule has 29 heavy (non-hydrogen) atoms. The number of aliphatic hydroxyl groups is 2. The molecule has 2 N–H and O–H groups in total. The maximum absolute atomic E-state index is 10.8. The average Bonchev–Trinajstić information content (AvgIpc) is 2.73. The Morgan fingerprint density at radius 2 is 1.72 bits per heavy atom. The Morgan fingerprint density at radius 1 is 1.03 bits per heavy atom. The fourth-order valence-corrected chi connectivity index (χ4v) is 4.41. The molecule has 2 aliphatic rings. The van der Waals surface area contributed by atoms with E-state index >= 15 is 0 Å². The molecule has 6 atom stereocenters. The number of nitro benzene ring substituents is 1. The fourth-order valence-electron chi connectivity index (χ4n) is 3.35. The molecule has 154 valence electrons. The standard InChI is InChI=1S/C20H21NO7S/c1-11-2-8-14(9-3-11)29-20-17(23)16(22)18-15(27-20)10-26-19(28-18)12-4-6-13(7-5-12)21(24)25/h2-9,15-20,22-23H,10H2,1H3/t15-,16-,17-,18-,19?,20+/m1/s1. The summed E-state index contributed by atoms with van der Waals surface area (Å²) in [6.45, 7) is 2.16. The van der Waals surface area contributed by atoms with E-state index in [2.05, 4.69) is 0 Å². The molecule has 4 rings (SSSR count). The van der Waals surface area contributed by atoms with Gasteiger partial charge in [-0.3, -0.25) is 10.1 Å². The fraction of sp³-hybridized carbons (Fsp3) is 0.400. The molecule has 0 amide bonds. The molecule has 0 aromatic heterocycles. The molecule has 2 aromatic rings. The third kappa shape index (κ3) is 4.30. The lowest BCUT2D eigenvalue weighted by Crippen LogP contribution is -2.60. The van der Waals surface area contributed by atoms with Crippen LogP contribution in [0.15, 0.2) is 53.4 Å². The highest BCUT2D eigenvalue weighted by atomic mass is 32.2. The lowest BCUT2D eigenvalue weighted by atomic mass is 9.99. The Balaban J connectivity index is 1.43. The van der Waals surface area contributed by atoms with Crippen LogP contribution in [-0.4, -0.2) is 51.6 Å². The number of benzene rings is 2. The quantitative estimate of drug-likeness (QED) is 0.575. The molecule has 1 unspecified atom stereocenters. The number of thioether (sulfide) groups is 1. The highest BCUT2D eigenvalue weighted by Gasteiger charge is 2.49. The van der Waals surface area contributed by atoms with E-state index in [0.717, 1.165) is 10.5 Å². The molecule has 0 bridgehead atoms. The first-order chi connectivity index (χ1) is 13.9. The van der Waals surface area contributed by atoms with Gasteiger partial charge in [0.05, 0.1) is 11.5 Å². The van der Waals surface area contributed by atoms with Crippen molar-refractivity contribution in [2.45, 2.75) is 48.0 Å². The Labute approximate surface area is 171 Å². The molecule has 2 fully saturated rings. The minimum Gasteiger partial charge on any atom is -0.387 e. The SMILES string of the molecule is Cc1ccc(S[C@@H]2O[C@@H]3COC(c4ccc([N+](=O)[O-])cc4)O[C@H]3[C@H](O)[C@H]2O)cc1. The van der Waals surface area contributed by atoms with Gasteiger partial charge in [0.15, 0.2) is 6.29 Å². The van der Waals surface area contributed by atoms with Crippen LogP contribution in [0.2, 0.25) is 0 Å². The zero-order chi connectivity index (χ0) is 20.5. The molecular formula is C20H21NO7S. The summed E-state index contributed by atoms with van der Waals surface area (Å²) in [5, 5.41) is 32.0. The van der Waals surface area contributed by atoms with Gasteiger partial charge >= 0.3 is 0 Å². The summed E-state index contributed by atoms with van der Waals surface area (Å²) in [7, 11) is 0. The van der Waals surface area contributed by atoms with Crippen LogP contribution in [0.5, 0.6) is 0 Å². The minimum absolute atomic E-state index is 0.0325. The number of ether oxygens (including phenoxy) is 3. The Morgan fingerprint density at radius 3 is 2.38 bits per heavy atom. The average molecular weight is 419 g/mol. The Bertz CT molecular complexity index is 858. The summed E-state index contributed by atoms with van der Waals surface area (Å²) < 4.78 is 17.5. The first kappa shape index (κ1) is 20.3. The van der Waals surface area contributed by atoms with Crippen molar-refractivity contribution in [1.29, 1.82) is 0 Å². The van der Waals surface area contributed by atoms with E-state index in [0.29, 0.717) is 5.56 Å². The third-order valence-corrected chi connectivity index (χ3v) is 6.15. The van der Waals surface area contributed by atoms with E-state index in [9.17, 15) is 20.3 Å². The van der Waals surface area contributed by atoms with Crippen molar-refractivity contribution in [2.24, 2.45) is 0 Å². The molecular weight excluding hydrogens is 398 g/mol. The molecule has 0 aliphatic carbocycles. The number of hydrogen-bond donors (Lipinski definition) is 2. The van der Waals surface area contributed by atoms with E-state index < -0.39 is 41.1 Å². The summed E-state index contributed by atoms with van der Waals surface area (Å²) >= 11 is 1.34. The van der Waals surface area contributed by atoms with Crippen LogP contribution in [0, 0.1) is 17.0 Å². The molecule has 8 nitrogen and oxygen atoms in total. The topological polar surface area (TPSA) is 111 Å². The molecule has 9 heteroatoms. The Kier molecular flexibility index (Phi) is 5.86. The van der Waals surface area contributed by atoms with E-state index in [1.54, 1.807) is 12.1 Å². The lowest BCUT2D eigenvalue weighted by molar-refractivity contribution is -0.384. The largest absolute Gasteiger partial charge is 0.387 e. The van der Waals surface area contributed by atoms with Gasteiger partial charge in [-0.15, -0.1) is 0 Å². The summed E-state index contributed by atoms with van der Waals surface area (Å²) in [5.41, 5.74) is 1.03. The molecule has 0 spiro atoms. The van der Waals surface area contributed by atoms with E-state index in [1.165, 1.54) is 23.9 Å². The second kappa shape index (κ2) is 8.39. The lowest BCUT2D eigenvalue weighted by Gasteiger charge is -2.46. The minimum atomic E-state index is -1.15. The number of non-ortho nitro benzene ring substituents is 1. The molecule has 2 saturated heterocycles. The normalized spacial score (nSPS) is 31.8. The van der Waals surface area contributed by atoms with Crippen molar-refractivity contribution in [2.75, 3.05) is 6.61 Å². The first-order valence-electron chi connectivity index (χ1n) is 9.19. The summed E-state index contributed by atoms with van der Waals surface area (Å²) in [6, 6.07) is 13.6. The van der Waals surface area contributed by atoms with Gasteiger partial charge in [-0.25, -0.2) is 0 Å². The van der Waals surface area contributed by atoms with Crippen LogP contribution in [0.1, 0.15) is 17.4 Å². The number of nitro groups is 1. The Hall–Kier alpha value is -2.01. The van der Waals surface area contributed by atoms with E-state index in [1.807, 2.05) is 31.2 Å². The number of nitrogens with zero attached hydrogens (tertiary/aromatic N) is 1. The van der Waals surface area contributed by atoms with Crippen LogP contribution in [-0.2, 0) is 14.2 Å². The predicted molar refractivity (Wildman–Crippen MR) is 104 cm³/mol. The summed E-state index contributed by atoms with van der Waals surface area (Å²) in [5.74, 6) is 0. The molecule has 2 aliphatic heterocycles. The van der Waals surface area contributed by atoms with Gasteiger partial charge in [0.25, 0.3) is 5.69 Å². The van der Waals surface area contributed by atoms with Gasteiger partial charge in [0.2, 0.25) is 0 Å². The van der Waals surface area contributed by atoms with Crippen molar-refractivity contribution in [3.05, 3.63) is 69.8 Å². The van der Waals surface area contributed by atoms with Crippen LogP contribution in [0.3, 0.4) is 0 Å². The van der Waals surface area contributed by atoms with Gasteiger partial charge < -0.3 is 24.4 Å². The van der Waals surface area contributed by atoms with Crippen molar-refractivity contribution in [3.8, 4) is 0 Å². The van der Waals surface area contributed by atoms with Crippen LogP contribution < -0.4 is 0 Å². The van der Waals surface area contributed by atoms with Gasteiger partial charge in [0, 0.05) is 22.6 Å². The number of rotatable bonds is 4. The zero-order valence-electron chi connectivity index (χ0n) is 15.6. The first-order valence-corrected chi connectivity index (χ1v) is 10.1. The summed E-state index contributed by atoms with van der Waals surface area (Å²) in [6.07, 6.45) is -4.40. The van der Waals surface area contributed by atoms with Crippen molar-refractivity contribution >= 4 is 17.4 Å². The molecule has 2 aromatic carbocycles. The van der Waals surface area contributed by atoms with Crippen molar-refractivity contribution in [3.63, 3.8) is 0 Å². The summed E-state index contributed by atoms with van der Waals surface area (Å²) in [4.78, 5) is 11.2. The van der Waals surface area contributed by atoms with Crippen LogP contribution >= 0.6 is 11.8 Å². The molecule has 0 saturated carbocycles. The van der Waals surface area contributed by atoms with Gasteiger partial charge in [-0.2, -0.15) is 0 Å². The van der Waals surface area contributed by atoms with E-state index in [-0.39, 0.29) is 12.3 Å². The van der Waals surface area contributed by atoms with Gasteiger partial charge in [0.1, 0.15) is 29.9 Å². The van der Waals surface area contributed by atoms with Crippen LogP contribution in [0.4, 0.5) is 5.69 Å². The highest BCUT2D eigenvalue weighted by Crippen LogP contribution is 2.39. The maximum atomic E-state index is 10.8. The molecule has 2 heterocycles. The highest BCUT2D eigenvalue weighted by molar-refractivity contribution is 7.99. The molecule has 0 radical (unpaired) electrons. The second-order valence-electron chi connectivity index (χ2n) is 7.07. The van der Waals surface area contributed by atoms with Crippen molar-refractivity contribution < 1.29 is 29.3 Å². The number of aryl methyl sites for hydroxylation is 1. The number of hydrogen-bond acceptors (Lipinski definition) is 8. The smallest absolute Gasteiger partial charge is 0.269 e. The second-order valence-corrected chi connectivity index (χ2v) is 8.24. The van der Waals surface area contributed by atoms with Crippen LogP contribution in [0.25, 0.3) is 0 Å². The third-order valence-electron chi connectivity index (χ3n) is 4.98. The number of aliphatic hydroxyl groups excluding tert-OH is 2. The zero-order valence-corrected chi connectivity index (χ0v) is 16.4. The maximum Gasteiger partial charge on any atom is 0.269 e. The predicted octanol–water partition coefficient (Wildman–Crippen LogP) is 2.56. The van der Waals surface area contributed by atoms with Gasteiger partial charge in [-0.05, 0) is 31.2 Å².